The highest BCUT2D eigenvalue weighted by Gasteiger charge is 2.12. The van der Waals surface area contributed by atoms with Crippen molar-refractivity contribution < 1.29 is 8.81 Å². The normalized spacial score (nSPS) is 11.2. The van der Waals surface area contributed by atoms with Crippen molar-refractivity contribution in [2.45, 2.75) is 0 Å². The zero-order valence-electron chi connectivity index (χ0n) is 8.30. The number of furan rings is 1. The molecule has 0 spiro atoms. The predicted octanol–water partition coefficient (Wildman–Crippen LogP) is 4.38. The van der Waals surface area contributed by atoms with Gasteiger partial charge in [-0.3, -0.25) is 0 Å². The number of aromatic nitrogens is 2. The molecule has 3 nitrogen and oxygen atoms in total. The number of benzene rings is 1. The van der Waals surface area contributed by atoms with Crippen LogP contribution in [-0.2, 0) is 0 Å². The highest BCUT2D eigenvalue weighted by molar-refractivity contribution is 9.10. The Hall–Kier alpha value is -1.33. The van der Waals surface area contributed by atoms with Gasteiger partial charge in [-0.05, 0) is 39.7 Å². The van der Waals surface area contributed by atoms with Gasteiger partial charge in [0.05, 0.1) is 27.3 Å². The zero-order valence-corrected chi connectivity index (χ0v) is 10.6. The fourth-order valence-corrected chi connectivity index (χ4v) is 2.13. The molecule has 86 valence electrons. The van der Waals surface area contributed by atoms with E-state index in [1.54, 1.807) is 12.1 Å². The van der Waals surface area contributed by atoms with Gasteiger partial charge >= 0.3 is 0 Å². The molecule has 0 unspecified atom stereocenters. The van der Waals surface area contributed by atoms with E-state index in [4.69, 9.17) is 16.0 Å². The summed E-state index contributed by atoms with van der Waals surface area (Å²) in [6.07, 6.45) is 1.47. The van der Waals surface area contributed by atoms with E-state index in [0.717, 1.165) is 0 Å². The van der Waals surface area contributed by atoms with Crippen LogP contribution in [0.1, 0.15) is 0 Å². The number of nitrogens with one attached hydrogen (secondary N) is 1. The maximum absolute atomic E-state index is 13.3. The van der Waals surface area contributed by atoms with Crippen molar-refractivity contribution in [2.75, 3.05) is 0 Å². The molecule has 0 aliphatic rings. The zero-order chi connectivity index (χ0) is 12.0. The second-order valence-electron chi connectivity index (χ2n) is 3.48. The Kier molecular flexibility index (Phi) is 2.45. The van der Waals surface area contributed by atoms with E-state index >= 15 is 0 Å². The number of halogens is 3. The van der Waals surface area contributed by atoms with Crippen LogP contribution in [0.2, 0.25) is 5.22 Å². The van der Waals surface area contributed by atoms with E-state index < -0.39 is 0 Å². The Labute approximate surface area is 109 Å². The second kappa shape index (κ2) is 3.85. The van der Waals surface area contributed by atoms with Gasteiger partial charge in [0, 0.05) is 6.07 Å². The number of aromatic amines is 1. The standard InChI is InChI=1S/C11H5BrClFN2O/c12-6-3-8-9(4-7(6)14)16-11(15-8)5-1-2-17-10(5)13/h1-4H,(H,15,16). The van der Waals surface area contributed by atoms with E-state index in [0.29, 0.717) is 26.9 Å². The van der Waals surface area contributed by atoms with Gasteiger partial charge in [0.15, 0.2) is 0 Å². The van der Waals surface area contributed by atoms with Crippen molar-refractivity contribution in [1.29, 1.82) is 0 Å². The van der Waals surface area contributed by atoms with E-state index in [2.05, 4.69) is 25.9 Å². The number of rotatable bonds is 1. The minimum atomic E-state index is -0.342. The summed E-state index contributed by atoms with van der Waals surface area (Å²) in [5.74, 6) is 0.210. The number of imidazole rings is 1. The summed E-state index contributed by atoms with van der Waals surface area (Å²) in [5, 5.41) is 0.253. The highest BCUT2D eigenvalue weighted by atomic mass is 79.9. The molecule has 1 aromatic carbocycles. The van der Waals surface area contributed by atoms with Crippen LogP contribution < -0.4 is 0 Å². The third kappa shape index (κ3) is 1.75. The number of nitrogens with zero attached hydrogens (tertiary/aromatic N) is 1. The Balaban J connectivity index is 2.24. The molecule has 17 heavy (non-hydrogen) atoms. The lowest BCUT2D eigenvalue weighted by Crippen LogP contribution is -1.77. The lowest BCUT2D eigenvalue weighted by molar-refractivity contribution is 0.570. The number of fused-ring (bicyclic) bond motifs is 1. The van der Waals surface area contributed by atoms with Crippen LogP contribution in [0.5, 0.6) is 0 Å². The molecule has 3 rings (SSSR count). The third-order valence-corrected chi connectivity index (χ3v) is 3.30. The average molecular weight is 316 g/mol. The van der Waals surface area contributed by atoms with Gasteiger partial charge in [0.2, 0.25) is 5.22 Å². The first-order valence-corrected chi connectivity index (χ1v) is 5.90. The van der Waals surface area contributed by atoms with Crippen LogP contribution in [0.3, 0.4) is 0 Å². The first kappa shape index (κ1) is 10.8. The van der Waals surface area contributed by atoms with Crippen LogP contribution in [-0.4, -0.2) is 9.97 Å². The lowest BCUT2D eigenvalue weighted by atomic mass is 10.3. The summed E-state index contributed by atoms with van der Waals surface area (Å²) in [6, 6.07) is 4.69. The molecule has 0 aliphatic carbocycles. The fraction of sp³-hybridized carbons (Fsp3) is 0. The number of H-pyrrole nitrogens is 1. The molecule has 0 saturated heterocycles. The van der Waals surface area contributed by atoms with E-state index in [1.165, 1.54) is 12.3 Å². The molecule has 0 aliphatic heterocycles. The second-order valence-corrected chi connectivity index (χ2v) is 4.67. The molecule has 0 fully saturated rings. The van der Waals surface area contributed by atoms with E-state index in [-0.39, 0.29) is 11.0 Å². The minimum Gasteiger partial charge on any atom is -0.452 e. The topological polar surface area (TPSA) is 41.8 Å². The van der Waals surface area contributed by atoms with E-state index in [1.807, 2.05) is 0 Å². The quantitative estimate of drug-likeness (QED) is 0.724. The van der Waals surface area contributed by atoms with Gasteiger partial charge < -0.3 is 9.40 Å². The molecule has 2 aromatic heterocycles. The summed E-state index contributed by atoms with van der Waals surface area (Å²) >= 11 is 8.97. The van der Waals surface area contributed by atoms with Crippen molar-refractivity contribution in [3.8, 4) is 11.4 Å². The van der Waals surface area contributed by atoms with E-state index in [9.17, 15) is 4.39 Å². The maximum Gasteiger partial charge on any atom is 0.203 e. The Morgan fingerprint density at radius 1 is 1.41 bits per heavy atom. The summed E-state index contributed by atoms with van der Waals surface area (Å²) < 4.78 is 18.7. The van der Waals surface area contributed by atoms with Gasteiger partial charge in [-0.1, -0.05) is 0 Å². The van der Waals surface area contributed by atoms with Crippen LogP contribution in [0, 0.1) is 5.82 Å². The van der Waals surface area contributed by atoms with Gasteiger partial charge in [-0.25, -0.2) is 9.37 Å². The predicted molar refractivity (Wildman–Crippen MR) is 66.5 cm³/mol. The fourth-order valence-electron chi connectivity index (χ4n) is 1.60. The lowest BCUT2D eigenvalue weighted by Gasteiger charge is -1.92. The van der Waals surface area contributed by atoms with Crippen molar-refractivity contribution in [1.82, 2.24) is 9.97 Å². The van der Waals surface area contributed by atoms with Gasteiger partial charge in [-0.2, -0.15) is 0 Å². The summed E-state index contributed by atoms with van der Waals surface area (Å²) in [7, 11) is 0. The van der Waals surface area contributed by atoms with Gasteiger partial charge in [0.1, 0.15) is 11.6 Å². The first-order chi connectivity index (χ1) is 8.15. The molecular weight excluding hydrogens is 310 g/mol. The Morgan fingerprint density at radius 3 is 2.94 bits per heavy atom. The van der Waals surface area contributed by atoms with Gasteiger partial charge in [0.25, 0.3) is 0 Å². The molecule has 1 N–H and O–H groups in total. The summed E-state index contributed by atoms with van der Waals surface area (Å²) in [6.45, 7) is 0. The van der Waals surface area contributed by atoms with Crippen molar-refractivity contribution in [3.63, 3.8) is 0 Å². The molecule has 0 atom stereocenters. The number of hydrogen-bond acceptors (Lipinski definition) is 2. The molecule has 0 saturated carbocycles. The smallest absolute Gasteiger partial charge is 0.203 e. The average Bonchev–Trinajstić information content (AvgIpc) is 2.85. The first-order valence-electron chi connectivity index (χ1n) is 4.73. The Morgan fingerprint density at radius 2 is 2.24 bits per heavy atom. The summed E-state index contributed by atoms with van der Waals surface area (Å²) in [5.41, 5.74) is 1.92. The van der Waals surface area contributed by atoms with Crippen molar-refractivity contribution in [2.24, 2.45) is 0 Å². The molecular formula is C11H5BrClFN2O. The SMILES string of the molecule is Fc1cc2[nH]c(-c3ccoc3Cl)nc2cc1Br. The maximum atomic E-state index is 13.3. The molecule has 0 amide bonds. The number of hydrogen-bond donors (Lipinski definition) is 1. The van der Waals surface area contributed by atoms with Crippen molar-refractivity contribution >= 4 is 38.6 Å². The molecule has 0 bridgehead atoms. The monoisotopic (exact) mass is 314 g/mol. The molecule has 3 aromatic rings. The van der Waals surface area contributed by atoms with Crippen LogP contribution in [0.15, 0.2) is 33.4 Å². The van der Waals surface area contributed by atoms with Crippen LogP contribution >= 0.6 is 27.5 Å². The molecule has 0 radical (unpaired) electrons. The minimum absolute atomic E-state index is 0.253. The molecule has 6 heteroatoms. The molecule has 2 heterocycles. The van der Waals surface area contributed by atoms with Crippen LogP contribution in [0.25, 0.3) is 22.4 Å². The third-order valence-electron chi connectivity index (χ3n) is 2.40. The van der Waals surface area contributed by atoms with Gasteiger partial charge in [-0.15, -0.1) is 0 Å². The summed E-state index contributed by atoms with van der Waals surface area (Å²) in [4.78, 5) is 7.31. The van der Waals surface area contributed by atoms with Crippen LogP contribution in [0.4, 0.5) is 4.39 Å². The van der Waals surface area contributed by atoms with Crippen molar-refractivity contribution in [3.05, 3.63) is 40.0 Å². The highest BCUT2D eigenvalue weighted by Crippen LogP contribution is 2.29. The largest absolute Gasteiger partial charge is 0.452 e. The Bertz CT molecular complexity index is 668.